The highest BCUT2D eigenvalue weighted by molar-refractivity contribution is 5.97. The Bertz CT molecular complexity index is 585. The van der Waals surface area contributed by atoms with E-state index in [-0.39, 0.29) is 11.8 Å². The number of hydrogen-bond donors (Lipinski definition) is 3. The van der Waals surface area contributed by atoms with Crippen LogP contribution in [0.5, 0.6) is 0 Å². The molecule has 1 aromatic rings. The molecule has 2 amide bonds. The Labute approximate surface area is 134 Å². The number of carbonyl (C=O) groups is 3. The van der Waals surface area contributed by atoms with Gasteiger partial charge in [-0.25, -0.2) is 4.79 Å². The minimum atomic E-state index is -1.05. The summed E-state index contributed by atoms with van der Waals surface area (Å²) in [4.78, 5) is 34.6. The SMILES string of the molecule is CCCNC(=O)c1ccc(NC(=O)[C@@H]2CC[C@H](C(=O)O)O2)cc1. The van der Waals surface area contributed by atoms with Gasteiger partial charge in [0.05, 0.1) is 0 Å². The van der Waals surface area contributed by atoms with E-state index < -0.39 is 18.2 Å². The highest BCUT2D eigenvalue weighted by Crippen LogP contribution is 2.21. The maximum absolute atomic E-state index is 12.0. The molecule has 0 aliphatic carbocycles. The number of hydrogen-bond acceptors (Lipinski definition) is 4. The standard InChI is InChI=1S/C16H20N2O5/c1-2-9-17-14(19)10-3-5-11(6-4-10)18-15(20)12-7-8-13(23-12)16(21)22/h3-6,12-13H,2,7-9H2,1H3,(H,17,19)(H,18,20)(H,21,22)/t12-,13+/m0/s1. The summed E-state index contributed by atoms with van der Waals surface area (Å²) in [6.45, 7) is 2.58. The second-order valence-corrected chi connectivity index (χ2v) is 5.35. The van der Waals surface area contributed by atoms with Crippen LogP contribution in [0.4, 0.5) is 5.69 Å². The normalized spacial score (nSPS) is 20.0. The summed E-state index contributed by atoms with van der Waals surface area (Å²) in [6.07, 6.45) is -0.123. The van der Waals surface area contributed by atoms with Crippen LogP contribution in [0.2, 0.25) is 0 Å². The number of carboxylic acid groups (broad SMARTS) is 1. The van der Waals surface area contributed by atoms with Crippen LogP contribution in [-0.2, 0) is 14.3 Å². The molecule has 1 aliphatic rings. The molecule has 2 atom stereocenters. The number of aliphatic carboxylic acids is 1. The van der Waals surface area contributed by atoms with Gasteiger partial charge in [-0.05, 0) is 43.5 Å². The third-order valence-corrected chi connectivity index (χ3v) is 3.54. The topological polar surface area (TPSA) is 105 Å². The number of amides is 2. The zero-order valence-electron chi connectivity index (χ0n) is 12.9. The third kappa shape index (κ3) is 4.53. The molecule has 0 aromatic heterocycles. The van der Waals surface area contributed by atoms with Crippen LogP contribution in [-0.4, -0.2) is 41.6 Å². The van der Waals surface area contributed by atoms with E-state index in [1.807, 2.05) is 6.92 Å². The van der Waals surface area contributed by atoms with E-state index >= 15 is 0 Å². The lowest BCUT2D eigenvalue weighted by Gasteiger charge is -2.12. The van der Waals surface area contributed by atoms with Crippen molar-refractivity contribution in [2.75, 3.05) is 11.9 Å². The molecule has 0 saturated carbocycles. The van der Waals surface area contributed by atoms with Crippen molar-refractivity contribution in [2.24, 2.45) is 0 Å². The van der Waals surface area contributed by atoms with E-state index in [1.165, 1.54) is 0 Å². The summed E-state index contributed by atoms with van der Waals surface area (Å²) in [7, 11) is 0. The third-order valence-electron chi connectivity index (χ3n) is 3.54. The number of carboxylic acids is 1. The maximum atomic E-state index is 12.0. The zero-order valence-corrected chi connectivity index (χ0v) is 12.9. The molecule has 1 aromatic carbocycles. The van der Waals surface area contributed by atoms with E-state index in [0.29, 0.717) is 30.6 Å². The van der Waals surface area contributed by atoms with Gasteiger partial charge in [0.25, 0.3) is 11.8 Å². The molecule has 7 nitrogen and oxygen atoms in total. The van der Waals surface area contributed by atoms with Crippen molar-refractivity contribution in [2.45, 2.75) is 38.4 Å². The van der Waals surface area contributed by atoms with Crippen molar-refractivity contribution in [1.82, 2.24) is 5.32 Å². The molecule has 0 unspecified atom stereocenters. The summed E-state index contributed by atoms with van der Waals surface area (Å²) in [5.41, 5.74) is 1.05. The molecule has 0 radical (unpaired) electrons. The molecule has 1 aliphatic heterocycles. The second kappa shape index (κ2) is 7.73. The van der Waals surface area contributed by atoms with Crippen LogP contribution in [0.25, 0.3) is 0 Å². The first kappa shape index (κ1) is 17.0. The van der Waals surface area contributed by atoms with Crippen molar-refractivity contribution in [3.8, 4) is 0 Å². The largest absolute Gasteiger partial charge is 0.479 e. The molecule has 1 saturated heterocycles. The minimum absolute atomic E-state index is 0.159. The molecule has 124 valence electrons. The molecule has 0 bridgehead atoms. The molecule has 1 fully saturated rings. The Morgan fingerprint density at radius 3 is 2.39 bits per heavy atom. The predicted octanol–water partition coefficient (Wildman–Crippen LogP) is 1.40. The number of anilines is 1. The first-order valence-corrected chi connectivity index (χ1v) is 7.58. The quantitative estimate of drug-likeness (QED) is 0.735. The van der Waals surface area contributed by atoms with Gasteiger partial charge in [0.15, 0.2) is 6.10 Å². The zero-order chi connectivity index (χ0) is 16.8. The van der Waals surface area contributed by atoms with E-state index in [0.717, 1.165) is 6.42 Å². The molecule has 1 heterocycles. The van der Waals surface area contributed by atoms with Crippen molar-refractivity contribution in [3.63, 3.8) is 0 Å². The highest BCUT2D eigenvalue weighted by atomic mass is 16.5. The summed E-state index contributed by atoms with van der Waals surface area (Å²) in [5.74, 6) is -1.59. The van der Waals surface area contributed by atoms with Gasteiger partial charge in [0.1, 0.15) is 6.10 Å². The van der Waals surface area contributed by atoms with Gasteiger partial charge < -0.3 is 20.5 Å². The Balaban J connectivity index is 1.89. The molecule has 23 heavy (non-hydrogen) atoms. The minimum Gasteiger partial charge on any atom is -0.479 e. The lowest BCUT2D eigenvalue weighted by molar-refractivity contribution is -0.150. The summed E-state index contributed by atoms with van der Waals surface area (Å²) in [6, 6.07) is 6.50. The van der Waals surface area contributed by atoms with Gasteiger partial charge in [-0.3, -0.25) is 9.59 Å². The summed E-state index contributed by atoms with van der Waals surface area (Å²) >= 11 is 0. The smallest absolute Gasteiger partial charge is 0.332 e. The summed E-state index contributed by atoms with van der Waals surface area (Å²) < 4.78 is 5.19. The van der Waals surface area contributed by atoms with Crippen LogP contribution >= 0.6 is 0 Å². The van der Waals surface area contributed by atoms with Crippen molar-refractivity contribution in [1.29, 1.82) is 0 Å². The number of nitrogens with one attached hydrogen (secondary N) is 2. The summed E-state index contributed by atoms with van der Waals surface area (Å²) in [5, 5.41) is 14.3. The van der Waals surface area contributed by atoms with Crippen LogP contribution in [0.1, 0.15) is 36.5 Å². The van der Waals surface area contributed by atoms with E-state index in [9.17, 15) is 14.4 Å². The van der Waals surface area contributed by atoms with Gasteiger partial charge in [0, 0.05) is 17.8 Å². The van der Waals surface area contributed by atoms with E-state index in [4.69, 9.17) is 9.84 Å². The average Bonchev–Trinajstić information content (AvgIpc) is 3.03. The second-order valence-electron chi connectivity index (χ2n) is 5.35. The number of carbonyl (C=O) groups excluding carboxylic acids is 2. The number of ether oxygens (including phenoxy) is 1. The van der Waals surface area contributed by atoms with Crippen LogP contribution < -0.4 is 10.6 Å². The van der Waals surface area contributed by atoms with E-state index in [2.05, 4.69) is 10.6 Å². The molecule has 0 spiro atoms. The van der Waals surface area contributed by atoms with Crippen molar-refractivity contribution >= 4 is 23.5 Å². The Morgan fingerprint density at radius 2 is 1.83 bits per heavy atom. The molecular weight excluding hydrogens is 300 g/mol. The fourth-order valence-electron chi connectivity index (χ4n) is 2.28. The molecule has 2 rings (SSSR count). The number of rotatable bonds is 6. The van der Waals surface area contributed by atoms with Gasteiger partial charge in [-0.1, -0.05) is 6.92 Å². The molecule has 3 N–H and O–H groups in total. The average molecular weight is 320 g/mol. The Hall–Kier alpha value is -2.41. The van der Waals surface area contributed by atoms with Crippen LogP contribution in [0, 0.1) is 0 Å². The lowest BCUT2D eigenvalue weighted by Crippen LogP contribution is -2.30. The molecule has 7 heteroatoms. The fraction of sp³-hybridized carbons (Fsp3) is 0.438. The van der Waals surface area contributed by atoms with Crippen LogP contribution in [0.15, 0.2) is 24.3 Å². The van der Waals surface area contributed by atoms with Gasteiger partial charge in [0.2, 0.25) is 0 Å². The Morgan fingerprint density at radius 1 is 1.17 bits per heavy atom. The van der Waals surface area contributed by atoms with E-state index in [1.54, 1.807) is 24.3 Å². The van der Waals surface area contributed by atoms with Crippen molar-refractivity contribution in [3.05, 3.63) is 29.8 Å². The fourth-order valence-corrected chi connectivity index (χ4v) is 2.28. The first-order chi connectivity index (χ1) is 11.0. The predicted molar refractivity (Wildman–Crippen MR) is 83.2 cm³/mol. The molecular formula is C16H20N2O5. The van der Waals surface area contributed by atoms with Gasteiger partial charge >= 0.3 is 5.97 Å². The number of benzene rings is 1. The van der Waals surface area contributed by atoms with Gasteiger partial charge in [-0.2, -0.15) is 0 Å². The monoisotopic (exact) mass is 320 g/mol. The van der Waals surface area contributed by atoms with Crippen LogP contribution in [0.3, 0.4) is 0 Å². The van der Waals surface area contributed by atoms with Gasteiger partial charge in [-0.15, -0.1) is 0 Å². The maximum Gasteiger partial charge on any atom is 0.332 e. The first-order valence-electron chi connectivity index (χ1n) is 7.58. The lowest BCUT2D eigenvalue weighted by atomic mass is 10.1. The Kier molecular flexibility index (Phi) is 5.70. The van der Waals surface area contributed by atoms with Crippen molar-refractivity contribution < 1.29 is 24.2 Å². The highest BCUT2D eigenvalue weighted by Gasteiger charge is 2.34.